The Kier molecular flexibility index (Phi) is 4.62. The smallest absolute Gasteiger partial charge is 0.322 e. The average Bonchev–Trinajstić information content (AvgIpc) is 3.13. The van der Waals surface area contributed by atoms with Crippen molar-refractivity contribution in [2.24, 2.45) is 5.92 Å². The lowest BCUT2D eigenvalue weighted by molar-refractivity contribution is -0.140. The van der Waals surface area contributed by atoms with Crippen LogP contribution in [-0.4, -0.2) is 47.2 Å². The zero-order chi connectivity index (χ0) is 13.1. The first-order valence-corrected chi connectivity index (χ1v) is 7.29. The van der Waals surface area contributed by atoms with Crippen LogP contribution in [0.5, 0.6) is 0 Å². The largest absolute Gasteiger partial charge is 0.480 e. The maximum atomic E-state index is 11.3. The van der Waals surface area contributed by atoms with E-state index in [-0.39, 0.29) is 6.04 Å². The second-order valence-electron chi connectivity index (χ2n) is 6.24. The van der Waals surface area contributed by atoms with E-state index in [1.54, 1.807) is 0 Å². The minimum absolute atomic E-state index is 0.384. The lowest BCUT2D eigenvalue weighted by Gasteiger charge is -2.26. The number of carbonyl (C=O) groups is 1. The third-order valence-corrected chi connectivity index (χ3v) is 3.79. The van der Waals surface area contributed by atoms with Crippen LogP contribution in [0.1, 0.15) is 46.0 Å². The monoisotopic (exact) mass is 254 g/mol. The maximum Gasteiger partial charge on any atom is 0.322 e. The number of carboxylic acid groups (broad SMARTS) is 1. The van der Waals surface area contributed by atoms with Gasteiger partial charge in [-0.05, 0) is 44.6 Å². The first-order valence-electron chi connectivity index (χ1n) is 7.29. The molecule has 0 aromatic heterocycles. The molecule has 18 heavy (non-hydrogen) atoms. The summed E-state index contributed by atoms with van der Waals surface area (Å²) < 4.78 is 0. The fourth-order valence-corrected chi connectivity index (χ4v) is 2.26. The Morgan fingerprint density at radius 3 is 2.44 bits per heavy atom. The van der Waals surface area contributed by atoms with Crippen LogP contribution in [0.4, 0.5) is 0 Å². The van der Waals surface area contributed by atoms with Crippen LogP contribution in [0.3, 0.4) is 0 Å². The fourth-order valence-electron chi connectivity index (χ4n) is 2.26. The summed E-state index contributed by atoms with van der Waals surface area (Å²) in [4.78, 5) is 13.7. The number of hydrogen-bond donors (Lipinski definition) is 2. The van der Waals surface area contributed by atoms with Gasteiger partial charge in [0.2, 0.25) is 0 Å². The molecular weight excluding hydrogens is 228 g/mol. The van der Waals surface area contributed by atoms with Gasteiger partial charge in [0, 0.05) is 18.6 Å². The van der Waals surface area contributed by atoms with E-state index >= 15 is 0 Å². The summed E-state index contributed by atoms with van der Waals surface area (Å²) in [6.45, 7) is 6.16. The number of hydrogen-bond acceptors (Lipinski definition) is 3. The van der Waals surface area contributed by atoms with Crippen molar-refractivity contribution in [2.75, 3.05) is 13.1 Å². The highest BCUT2D eigenvalue weighted by Gasteiger charge is 2.34. The molecule has 4 heteroatoms. The third-order valence-electron chi connectivity index (χ3n) is 3.79. The number of carboxylic acids is 1. The zero-order valence-corrected chi connectivity index (χ0v) is 11.6. The van der Waals surface area contributed by atoms with Crippen molar-refractivity contribution in [3.05, 3.63) is 0 Å². The first-order chi connectivity index (χ1) is 8.56. The van der Waals surface area contributed by atoms with E-state index in [9.17, 15) is 9.90 Å². The molecule has 0 amide bonds. The Labute approximate surface area is 110 Å². The van der Waals surface area contributed by atoms with Crippen molar-refractivity contribution in [3.63, 3.8) is 0 Å². The topological polar surface area (TPSA) is 52.6 Å². The molecule has 2 saturated carbocycles. The van der Waals surface area contributed by atoms with E-state index in [1.165, 1.54) is 12.8 Å². The molecule has 104 valence electrons. The van der Waals surface area contributed by atoms with Gasteiger partial charge in [-0.15, -0.1) is 0 Å². The van der Waals surface area contributed by atoms with Gasteiger partial charge in [-0.2, -0.15) is 0 Å². The van der Waals surface area contributed by atoms with Crippen molar-refractivity contribution < 1.29 is 9.90 Å². The van der Waals surface area contributed by atoms with E-state index in [0.717, 1.165) is 25.8 Å². The fraction of sp³-hybridized carbons (Fsp3) is 0.929. The summed E-state index contributed by atoms with van der Waals surface area (Å²) in [6.07, 6.45) is 5.92. The molecule has 0 heterocycles. The Bertz CT molecular complexity index is 286. The Balaban J connectivity index is 1.82. The molecule has 0 aromatic carbocycles. The van der Waals surface area contributed by atoms with Gasteiger partial charge >= 0.3 is 5.97 Å². The number of nitrogens with one attached hydrogen (secondary N) is 1. The minimum atomic E-state index is -0.697. The third kappa shape index (κ3) is 4.58. The minimum Gasteiger partial charge on any atom is -0.480 e. The predicted octanol–water partition coefficient (Wildman–Crippen LogP) is 1.70. The quantitative estimate of drug-likeness (QED) is 0.657. The molecule has 2 fully saturated rings. The van der Waals surface area contributed by atoms with E-state index in [0.29, 0.717) is 24.5 Å². The average molecular weight is 254 g/mol. The van der Waals surface area contributed by atoms with Crippen LogP contribution >= 0.6 is 0 Å². The summed E-state index contributed by atoms with van der Waals surface area (Å²) >= 11 is 0. The summed E-state index contributed by atoms with van der Waals surface area (Å²) in [5, 5.41) is 12.5. The Hall–Kier alpha value is -0.610. The molecule has 4 nitrogen and oxygen atoms in total. The van der Waals surface area contributed by atoms with Crippen LogP contribution < -0.4 is 5.32 Å². The SMILES string of the molecule is CC(C)CCN(CC(NC1CC1)C(=O)O)C1CC1. The highest BCUT2D eigenvalue weighted by atomic mass is 16.4. The van der Waals surface area contributed by atoms with E-state index in [1.807, 2.05) is 0 Å². The first kappa shape index (κ1) is 13.8. The van der Waals surface area contributed by atoms with Gasteiger partial charge in [0.15, 0.2) is 0 Å². The second kappa shape index (κ2) is 6.02. The summed E-state index contributed by atoms with van der Waals surface area (Å²) in [7, 11) is 0. The molecule has 0 aromatic rings. The summed E-state index contributed by atoms with van der Waals surface area (Å²) in [5.74, 6) is -0.0111. The molecule has 2 rings (SSSR count). The predicted molar refractivity (Wildman–Crippen MR) is 71.6 cm³/mol. The zero-order valence-electron chi connectivity index (χ0n) is 11.6. The highest BCUT2D eigenvalue weighted by molar-refractivity contribution is 5.73. The van der Waals surface area contributed by atoms with Crippen LogP contribution in [0.2, 0.25) is 0 Å². The molecule has 1 atom stereocenters. The number of rotatable bonds is 9. The van der Waals surface area contributed by atoms with Gasteiger partial charge in [0.1, 0.15) is 6.04 Å². The molecule has 0 bridgehead atoms. The van der Waals surface area contributed by atoms with Crippen molar-refractivity contribution >= 4 is 5.97 Å². The molecular formula is C14H26N2O2. The highest BCUT2D eigenvalue weighted by Crippen LogP contribution is 2.28. The summed E-state index contributed by atoms with van der Waals surface area (Å²) in [6, 6.07) is 0.717. The molecule has 2 aliphatic carbocycles. The van der Waals surface area contributed by atoms with Crippen LogP contribution in [0.25, 0.3) is 0 Å². The molecule has 0 aliphatic heterocycles. The van der Waals surface area contributed by atoms with E-state index < -0.39 is 5.97 Å². The van der Waals surface area contributed by atoms with Crippen LogP contribution in [0, 0.1) is 5.92 Å². The van der Waals surface area contributed by atoms with Crippen molar-refractivity contribution in [2.45, 2.75) is 64.1 Å². The Morgan fingerprint density at radius 2 is 2.00 bits per heavy atom. The van der Waals surface area contributed by atoms with Gasteiger partial charge in [0.25, 0.3) is 0 Å². The number of nitrogens with zero attached hydrogens (tertiary/aromatic N) is 1. The Morgan fingerprint density at radius 1 is 1.33 bits per heavy atom. The van der Waals surface area contributed by atoms with Gasteiger partial charge in [-0.25, -0.2) is 0 Å². The van der Waals surface area contributed by atoms with Gasteiger partial charge in [0.05, 0.1) is 0 Å². The van der Waals surface area contributed by atoms with Gasteiger partial charge in [-0.1, -0.05) is 13.8 Å². The lowest BCUT2D eigenvalue weighted by atomic mass is 10.1. The van der Waals surface area contributed by atoms with Gasteiger partial charge < -0.3 is 10.4 Å². The molecule has 1 unspecified atom stereocenters. The van der Waals surface area contributed by atoms with Gasteiger partial charge in [-0.3, -0.25) is 9.69 Å². The van der Waals surface area contributed by atoms with E-state index in [2.05, 4.69) is 24.1 Å². The lowest BCUT2D eigenvalue weighted by Crippen LogP contribution is -2.48. The molecule has 2 N–H and O–H groups in total. The summed E-state index contributed by atoms with van der Waals surface area (Å²) in [5.41, 5.74) is 0. The number of aliphatic carboxylic acids is 1. The van der Waals surface area contributed by atoms with Crippen molar-refractivity contribution in [1.82, 2.24) is 10.2 Å². The van der Waals surface area contributed by atoms with E-state index in [4.69, 9.17) is 0 Å². The molecule has 2 aliphatic rings. The molecule has 0 spiro atoms. The van der Waals surface area contributed by atoms with Crippen molar-refractivity contribution in [3.8, 4) is 0 Å². The van der Waals surface area contributed by atoms with Crippen LogP contribution in [-0.2, 0) is 4.79 Å². The maximum absolute atomic E-state index is 11.3. The van der Waals surface area contributed by atoms with Crippen LogP contribution in [0.15, 0.2) is 0 Å². The molecule has 0 radical (unpaired) electrons. The normalized spacial score (nSPS) is 21.6. The molecule has 0 saturated heterocycles. The standard InChI is InChI=1S/C14H26N2O2/c1-10(2)7-8-16(12-5-6-12)9-13(14(17)18)15-11-3-4-11/h10-13,15H,3-9H2,1-2H3,(H,17,18). The van der Waals surface area contributed by atoms with Crippen molar-refractivity contribution in [1.29, 1.82) is 0 Å². The second-order valence-corrected chi connectivity index (χ2v) is 6.24.